The van der Waals surface area contributed by atoms with Gasteiger partial charge in [0.2, 0.25) is 5.91 Å². The van der Waals surface area contributed by atoms with Crippen molar-refractivity contribution in [3.8, 4) is 0 Å². The summed E-state index contributed by atoms with van der Waals surface area (Å²) < 4.78 is 5.20. The average molecular weight is 442 g/mol. The number of hydrogen-bond acceptors (Lipinski definition) is 4. The lowest BCUT2D eigenvalue weighted by Gasteiger charge is -2.63. The highest BCUT2D eigenvalue weighted by Gasteiger charge is 2.67. The smallest absolute Gasteiger partial charge is 0.335 e. The summed E-state index contributed by atoms with van der Waals surface area (Å²) in [6, 6.07) is 3.74. The second kappa shape index (κ2) is 7.72. The maximum atomic E-state index is 12.3. The molecule has 1 amide bonds. The zero-order chi connectivity index (χ0) is 22.7. The lowest BCUT2D eigenvalue weighted by atomic mass is 9.43. The molecule has 0 spiro atoms. The van der Waals surface area contributed by atoms with Crippen LogP contribution in [-0.2, 0) is 4.79 Å². The quantitative estimate of drug-likeness (QED) is 0.708. The van der Waals surface area contributed by atoms with Crippen LogP contribution in [0.1, 0.15) is 96.5 Å². The number of carbonyl (C=O) groups is 1. The van der Waals surface area contributed by atoms with Crippen molar-refractivity contribution in [2.45, 2.75) is 103 Å². The van der Waals surface area contributed by atoms with E-state index in [0.717, 1.165) is 63.4 Å². The van der Waals surface area contributed by atoms with Gasteiger partial charge in [0.05, 0.1) is 11.9 Å². The van der Waals surface area contributed by atoms with E-state index < -0.39 is 5.60 Å². The normalized spacial score (nSPS) is 45.4. The van der Waals surface area contributed by atoms with Gasteiger partial charge in [-0.25, -0.2) is 4.79 Å². The molecule has 0 radical (unpaired) electrons. The SMILES string of the molecule is CCC(=O)N[C@H]1CC[C@@]2(C)[C@H](CC[C@@H]3[C@@H]2CC[C@]2(C)[C@@H](c4ccc(=O)oc4)CC[C@]32O)C1. The first-order valence-corrected chi connectivity index (χ1v) is 12.8. The van der Waals surface area contributed by atoms with Gasteiger partial charge < -0.3 is 14.8 Å². The molecule has 0 saturated heterocycles. The summed E-state index contributed by atoms with van der Waals surface area (Å²) in [6.07, 6.45) is 11.7. The molecule has 0 aliphatic heterocycles. The van der Waals surface area contributed by atoms with Crippen LogP contribution in [0.4, 0.5) is 0 Å². The molecule has 8 atom stereocenters. The molecule has 4 aliphatic carbocycles. The summed E-state index contributed by atoms with van der Waals surface area (Å²) in [5.41, 5.74) is 0.175. The lowest BCUT2D eigenvalue weighted by molar-refractivity contribution is -0.202. The summed E-state index contributed by atoms with van der Waals surface area (Å²) >= 11 is 0. The van der Waals surface area contributed by atoms with Crippen LogP contribution in [0.2, 0.25) is 0 Å². The predicted molar refractivity (Wildman–Crippen MR) is 123 cm³/mol. The first-order valence-electron chi connectivity index (χ1n) is 12.8. The van der Waals surface area contributed by atoms with E-state index in [-0.39, 0.29) is 28.3 Å². The number of aliphatic hydroxyl groups is 1. The van der Waals surface area contributed by atoms with Gasteiger partial charge in [0, 0.05) is 23.9 Å². The molecular weight excluding hydrogens is 402 g/mol. The molecular formula is C27H39NO4. The molecule has 1 heterocycles. The fourth-order valence-electron chi connectivity index (χ4n) is 8.79. The Morgan fingerprint density at radius 2 is 1.91 bits per heavy atom. The number of amides is 1. The molecule has 4 saturated carbocycles. The molecule has 0 bridgehead atoms. The topological polar surface area (TPSA) is 79.5 Å². The third-order valence-electron chi connectivity index (χ3n) is 10.7. The van der Waals surface area contributed by atoms with Gasteiger partial charge in [-0.3, -0.25) is 4.79 Å². The minimum Gasteiger partial charge on any atom is -0.431 e. The van der Waals surface area contributed by atoms with Crippen LogP contribution in [0, 0.1) is 28.6 Å². The number of fused-ring (bicyclic) bond motifs is 5. The first-order chi connectivity index (χ1) is 15.2. The molecule has 176 valence electrons. The zero-order valence-corrected chi connectivity index (χ0v) is 19.9. The molecule has 5 heteroatoms. The molecule has 0 aromatic carbocycles. The van der Waals surface area contributed by atoms with Gasteiger partial charge in [0.1, 0.15) is 0 Å². The summed E-state index contributed by atoms with van der Waals surface area (Å²) in [5, 5.41) is 15.6. The Labute approximate surface area is 191 Å². The Balaban J connectivity index is 1.39. The monoisotopic (exact) mass is 441 g/mol. The highest BCUT2D eigenvalue weighted by Crippen LogP contribution is 2.70. The Morgan fingerprint density at radius 1 is 1.09 bits per heavy atom. The van der Waals surface area contributed by atoms with E-state index in [0.29, 0.717) is 30.2 Å². The second-order valence-electron chi connectivity index (χ2n) is 11.7. The van der Waals surface area contributed by atoms with E-state index >= 15 is 0 Å². The zero-order valence-electron chi connectivity index (χ0n) is 19.9. The van der Waals surface area contributed by atoms with Crippen LogP contribution in [0.25, 0.3) is 0 Å². The maximum Gasteiger partial charge on any atom is 0.335 e. The van der Waals surface area contributed by atoms with E-state index in [4.69, 9.17) is 4.42 Å². The van der Waals surface area contributed by atoms with Gasteiger partial charge in [0.25, 0.3) is 0 Å². The molecule has 0 unspecified atom stereocenters. The average Bonchev–Trinajstić information content (AvgIpc) is 3.06. The predicted octanol–water partition coefficient (Wildman–Crippen LogP) is 4.78. The third-order valence-corrected chi connectivity index (χ3v) is 10.7. The van der Waals surface area contributed by atoms with Crippen LogP contribution in [0.5, 0.6) is 0 Å². The third kappa shape index (κ3) is 3.13. The first kappa shape index (κ1) is 22.2. The molecule has 1 aromatic rings. The Morgan fingerprint density at radius 3 is 2.62 bits per heavy atom. The molecule has 2 N–H and O–H groups in total. The lowest BCUT2D eigenvalue weighted by Crippen LogP contribution is -2.62. The second-order valence-corrected chi connectivity index (χ2v) is 11.7. The largest absolute Gasteiger partial charge is 0.431 e. The fraction of sp³-hybridized carbons (Fsp3) is 0.778. The van der Waals surface area contributed by atoms with Crippen molar-refractivity contribution in [2.75, 3.05) is 0 Å². The fourth-order valence-corrected chi connectivity index (χ4v) is 8.79. The molecule has 5 rings (SSSR count). The van der Waals surface area contributed by atoms with Crippen molar-refractivity contribution in [2.24, 2.45) is 28.6 Å². The van der Waals surface area contributed by atoms with Crippen molar-refractivity contribution in [3.05, 3.63) is 34.4 Å². The van der Waals surface area contributed by atoms with Gasteiger partial charge in [-0.05, 0) is 98.5 Å². The van der Waals surface area contributed by atoms with E-state index in [1.54, 1.807) is 6.26 Å². The Hall–Kier alpha value is -1.62. The molecule has 1 aromatic heterocycles. The number of carbonyl (C=O) groups excluding carboxylic acids is 1. The Kier molecular flexibility index (Phi) is 5.35. The van der Waals surface area contributed by atoms with Crippen LogP contribution >= 0.6 is 0 Å². The van der Waals surface area contributed by atoms with Crippen molar-refractivity contribution in [1.29, 1.82) is 0 Å². The molecule has 5 nitrogen and oxygen atoms in total. The maximum absolute atomic E-state index is 12.3. The highest BCUT2D eigenvalue weighted by molar-refractivity contribution is 5.75. The molecule has 4 fully saturated rings. The number of hydrogen-bond donors (Lipinski definition) is 2. The van der Waals surface area contributed by atoms with Gasteiger partial charge in [-0.15, -0.1) is 0 Å². The highest BCUT2D eigenvalue weighted by atomic mass is 16.4. The number of rotatable bonds is 3. The van der Waals surface area contributed by atoms with Crippen LogP contribution in [0.3, 0.4) is 0 Å². The number of nitrogens with one attached hydrogen (secondary N) is 1. The van der Waals surface area contributed by atoms with Crippen molar-refractivity contribution in [1.82, 2.24) is 5.32 Å². The summed E-state index contributed by atoms with van der Waals surface area (Å²) in [6.45, 7) is 6.69. The van der Waals surface area contributed by atoms with Crippen molar-refractivity contribution >= 4 is 5.91 Å². The van der Waals surface area contributed by atoms with Crippen LogP contribution < -0.4 is 10.9 Å². The van der Waals surface area contributed by atoms with Crippen molar-refractivity contribution < 1.29 is 14.3 Å². The van der Waals surface area contributed by atoms with E-state index in [2.05, 4.69) is 19.2 Å². The van der Waals surface area contributed by atoms with E-state index in [9.17, 15) is 14.7 Å². The van der Waals surface area contributed by atoms with Crippen LogP contribution in [0.15, 0.2) is 27.6 Å². The van der Waals surface area contributed by atoms with Gasteiger partial charge in [-0.1, -0.05) is 20.8 Å². The molecule has 32 heavy (non-hydrogen) atoms. The summed E-state index contributed by atoms with van der Waals surface area (Å²) in [4.78, 5) is 23.4. The van der Waals surface area contributed by atoms with E-state index in [1.165, 1.54) is 6.07 Å². The minimum atomic E-state index is -0.655. The van der Waals surface area contributed by atoms with E-state index in [1.807, 2.05) is 13.0 Å². The summed E-state index contributed by atoms with van der Waals surface area (Å²) in [7, 11) is 0. The Bertz CT molecular complexity index is 921. The van der Waals surface area contributed by atoms with Crippen LogP contribution in [-0.4, -0.2) is 22.7 Å². The van der Waals surface area contributed by atoms with Gasteiger partial charge in [0.15, 0.2) is 0 Å². The van der Waals surface area contributed by atoms with Gasteiger partial charge >= 0.3 is 5.63 Å². The standard InChI is InChI=1S/C27H39NO4/c1-4-23(29)28-19-9-12-25(2)18(15-19)6-7-22-21(25)10-13-26(3)20(11-14-27(22,26)31)17-5-8-24(30)32-16-17/h5,8,16,18-22,31H,4,6-7,9-15H2,1-3H3,(H,28,29)/t18-,19+,20-,21+,22-,25+,26-,27+/m1/s1. The minimum absolute atomic E-state index is 0.170. The summed E-state index contributed by atoms with van der Waals surface area (Å²) in [5.74, 6) is 1.93. The molecule has 4 aliphatic rings. The van der Waals surface area contributed by atoms with Crippen molar-refractivity contribution in [3.63, 3.8) is 0 Å². The van der Waals surface area contributed by atoms with Gasteiger partial charge in [-0.2, -0.15) is 0 Å².